The minimum Gasteiger partial charge on any atom is -0.381 e. The van der Waals surface area contributed by atoms with Gasteiger partial charge in [0, 0.05) is 45.2 Å². The van der Waals surface area contributed by atoms with E-state index in [1.54, 1.807) is 0 Å². The number of carbonyl (C=O) groups is 1. The van der Waals surface area contributed by atoms with E-state index in [-0.39, 0.29) is 0 Å². The summed E-state index contributed by atoms with van der Waals surface area (Å²) >= 11 is 0. The second kappa shape index (κ2) is 7.74. The first-order chi connectivity index (χ1) is 11.8. The van der Waals surface area contributed by atoms with Crippen molar-refractivity contribution in [3.8, 4) is 0 Å². The lowest BCUT2D eigenvalue weighted by atomic mass is 9.67. The SMILES string of the molecule is O=C([C@@H]1CC[C@H]2CCCC[C@@H]2C1)N1CCN(C[C@@H]2CCOC2)CC1. The van der Waals surface area contributed by atoms with E-state index in [0.717, 1.165) is 64.2 Å². The number of amides is 1. The van der Waals surface area contributed by atoms with E-state index in [1.807, 2.05) is 0 Å². The lowest BCUT2D eigenvalue weighted by Gasteiger charge is -2.42. The van der Waals surface area contributed by atoms with Gasteiger partial charge >= 0.3 is 0 Å². The second-order valence-corrected chi connectivity index (χ2v) is 8.67. The van der Waals surface area contributed by atoms with Gasteiger partial charge in [0.2, 0.25) is 5.91 Å². The zero-order valence-electron chi connectivity index (χ0n) is 15.1. The second-order valence-electron chi connectivity index (χ2n) is 8.67. The Morgan fingerprint density at radius 3 is 2.46 bits per heavy atom. The summed E-state index contributed by atoms with van der Waals surface area (Å²) in [5.41, 5.74) is 0. The molecule has 2 aliphatic carbocycles. The lowest BCUT2D eigenvalue weighted by Crippen LogP contribution is -2.52. The quantitative estimate of drug-likeness (QED) is 0.796. The lowest BCUT2D eigenvalue weighted by molar-refractivity contribution is -0.139. The molecule has 0 unspecified atom stereocenters. The van der Waals surface area contributed by atoms with Crippen LogP contribution in [0.2, 0.25) is 0 Å². The summed E-state index contributed by atoms with van der Waals surface area (Å²) in [6.45, 7) is 7.03. The third-order valence-corrected chi connectivity index (χ3v) is 7.11. The fraction of sp³-hybridized carbons (Fsp3) is 0.950. The first kappa shape index (κ1) is 16.8. The van der Waals surface area contributed by atoms with E-state index in [1.165, 1.54) is 44.9 Å². The Bertz CT molecular complexity index is 427. The highest BCUT2D eigenvalue weighted by molar-refractivity contribution is 5.79. The highest BCUT2D eigenvalue weighted by Crippen LogP contribution is 2.43. The van der Waals surface area contributed by atoms with Gasteiger partial charge in [-0.1, -0.05) is 25.7 Å². The molecule has 0 radical (unpaired) electrons. The molecule has 0 bridgehead atoms. The average Bonchev–Trinajstić information content (AvgIpc) is 3.14. The highest BCUT2D eigenvalue weighted by atomic mass is 16.5. The molecule has 4 nitrogen and oxygen atoms in total. The maximum absolute atomic E-state index is 13.0. The van der Waals surface area contributed by atoms with Crippen LogP contribution in [0.15, 0.2) is 0 Å². The monoisotopic (exact) mass is 334 g/mol. The van der Waals surface area contributed by atoms with E-state index < -0.39 is 0 Å². The topological polar surface area (TPSA) is 32.8 Å². The molecule has 4 rings (SSSR count). The van der Waals surface area contributed by atoms with Crippen LogP contribution in [0.5, 0.6) is 0 Å². The van der Waals surface area contributed by atoms with Crippen molar-refractivity contribution in [2.45, 2.75) is 51.4 Å². The predicted octanol–water partition coefficient (Wildman–Crippen LogP) is 2.77. The predicted molar refractivity (Wildman–Crippen MR) is 94.7 cm³/mol. The Balaban J connectivity index is 1.24. The van der Waals surface area contributed by atoms with Crippen LogP contribution in [0, 0.1) is 23.7 Å². The number of rotatable bonds is 3. The van der Waals surface area contributed by atoms with Gasteiger partial charge in [-0.05, 0) is 43.4 Å². The molecule has 0 aromatic carbocycles. The van der Waals surface area contributed by atoms with Crippen molar-refractivity contribution in [1.29, 1.82) is 0 Å². The number of hydrogen-bond acceptors (Lipinski definition) is 3. The third kappa shape index (κ3) is 3.80. The van der Waals surface area contributed by atoms with Gasteiger partial charge < -0.3 is 9.64 Å². The van der Waals surface area contributed by atoms with Crippen LogP contribution >= 0.6 is 0 Å². The molecular weight excluding hydrogens is 300 g/mol. The summed E-state index contributed by atoms with van der Waals surface area (Å²) in [5.74, 6) is 3.31. The normalized spacial score (nSPS) is 38.1. The molecule has 0 aromatic heterocycles. The van der Waals surface area contributed by atoms with Crippen molar-refractivity contribution < 1.29 is 9.53 Å². The number of piperazine rings is 1. The van der Waals surface area contributed by atoms with E-state index >= 15 is 0 Å². The van der Waals surface area contributed by atoms with Gasteiger partial charge in [-0.15, -0.1) is 0 Å². The van der Waals surface area contributed by atoms with Crippen molar-refractivity contribution in [3.63, 3.8) is 0 Å². The zero-order valence-corrected chi connectivity index (χ0v) is 15.1. The van der Waals surface area contributed by atoms with Gasteiger partial charge in [-0.2, -0.15) is 0 Å². The van der Waals surface area contributed by atoms with Crippen LogP contribution in [-0.2, 0) is 9.53 Å². The number of fused-ring (bicyclic) bond motifs is 1. The Morgan fingerprint density at radius 1 is 0.917 bits per heavy atom. The Hall–Kier alpha value is -0.610. The van der Waals surface area contributed by atoms with Gasteiger partial charge in [0.25, 0.3) is 0 Å². The van der Waals surface area contributed by atoms with E-state index in [9.17, 15) is 4.79 Å². The Morgan fingerprint density at radius 2 is 1.71 bits per heavy atom. The van der Waals surface area contributed by atoms with Crippen molar-refractivity contribution in [2.75, 3.05) is 45.9 Å². The molecule has 4 aliphatic rings. The highest BCUT2D eigenvalue weighted by Gasteiger charge is 2.37. The molecule has 24 heavy (non-hydrogen) atoms. The van der Waals surface area contributed by atoms with Crippen LogP contribution in [0.4, 0.5) is 0 Å². The van der Waals surface area contributed by atoms with Gasteiger partial charge in [0.05, 0.1) is 6.61 Å². The molecular formula is C20H34N2O2. The van der Waals surface area contributed by atoms with Crippen molar-refractivity contribution in [1.82, 2.24) is 9.80 Å². The molecule has 0 N–H and O–H groups in total. The molecule has 2 aliphatic heterocycles. The molecule has 136 valence electrons. The van der Waals surface area contributed by atoms with E-state index in [4.69, 9.17) is 4.74 Å². The Labute approximate surface area is 146 Å². The summed E-state index contributed by atoms with van der Waals surface area (Å²) in [5, 5.41) is 0. The largest absolute Gasteiger partial charge is 0.381 e. The number of nitrogens with zero attached hydrogens (tertiary/aromatic N) is 2. The van der Waals surface area contributed by atoms with Gasteiger partial charge in [-0.3, -0.25) is 9.69 Å². The molecule has 4 heteroatoms. The number of carbonyl (C=O) groups excluding carboxylic acids is 1. The van der Waals surface area contributed by atoms with Crippen molar-refractivity contribution in [3.05, 3.63) is 0 Å². The zero-order chi connectivity index (χ0) is 16.4. The minimum absolute atomic E-state index is 0.333. The first-order valence-corrected chi connectivity index (χ1v) is 10.4. The maximum Gasteiger partial charge on any atom is 0.225 e. The smallest absolute Gasteiger partial charge is 0.225 e. The minimum atomic E-state index is 0.333. The number of hydrogen-bond donors (Lipinski definition) is 0. The van der Waals surface area contributed by atoms with Gasteiger partial charge in [0.1, 0.15) is 0 Å². The summed E-state index contributed by atoms with van der Waals surface area (Å²) in [6.07, 6.45) is 10.5. The molecule has 4 atom stereocenters. The maximum atomic E-state index is 13.0. The van der Waals surface area contributed by atoms with Gasteiger partial charge in [0.15, 0.2) is 0 Å². The number of ether oxygens (including phenoxy) is 1. The standard InChI is InChI=1S/C20H34N2O2/c23-20(19-6-5-17-3-1-2-4-18(17)13-19)22-10-8-21(9-11-22)14-16-7-12-24-15-16/h16-19H,1-15H2/t16-,17+,18+,19+/m0/s1. The molecule has 0 aromatic rings. The fourth-order valence-electron chi connectivity index (χ4n) is 5.60. The summed E-state index contributed by atoms with van der Waals surface area (Å²) in [6, 6.07) is 0. The van der Waals surface area contributed by atoms with Crippen LogP contribution in [0.25, 0.3) is 0 Å². The summed E-state index contributed by atoms with van der Waals surface area (Å²) in [4.78, 5) is 17.7. The van der Waals surface area contributed by atoms with Crippen LogP contribution in [0.1, 0.15) is 51.4 Å². The van der Waals surface area contributed by atoms with Crippen molar-refractivity contribution in [2.24, 2.45) is 23.7 Å². The van der Waals surface area contributed by atoms with Gasteiger partial charge in [-0.25, -0.2) is 0 Å². The molecule has 2 heterocycles. The fourth-order valence-corrected chi connectivity index (χ4v) is 5.60. The van der Waals surface area contributed by atoms with Crippen LogP contribution < -0.4 is 0 Å². The molecule has 0 spiro atoms. The molecule has 2 saturated carbocycles. The third-order valence-electron chi connectivity index (χ3n) is 7.11. The first-order valence-electron chi connectivity index (χ1n) is 10.4. The van der Waals surface area contributed by atoms with E-state index in [2.05, 4.69) is 9.80 Å². The molecule has 2 saturated heterocycles. The van der Waals surface area contributed by atoms with Crippen LogP contribution in [-0.4, -0.2) is 61.6 Å². The van der Waals surface area contributed by atoms with E-state index in [0.29, 0.717) is 17.7 Å². The Kier molecular flexibility index (Phi) is 5.43. The molecule has 1 amide bonds. The average molecular weight is 335 g/mol. The van der Waals surface area contributed by atoms with Crippen molar-refractivity contribution >= 4 is 5.91 Å². The van der Waals surface area contributed by atoms with Crippen LogP contribution in [0.3, 0.4) is 0 Å². The summed E-state index contributed by atoms with van der Waals surface area (Å²) < 4.78 is 5.49. The summed E-state index contributed by atoms with van der Waals surface area (Å²) in [7, 11) is 0. The molecule has 4 fully saturated rings.